The van der Waals surface area contributed by atoms with Crippen LogP contribution in [0.3, 0.4) is 0 Å². The molecule has 0 radical (unpaired) electrons. The summed E-state index contributed by atoms with van der Waals surface area (Å²) in [6.07, 6.45) is -4.01. The highest BCUT2D eigenvalue weighted by atomic mass is 19.4. The minimum atomic E-state index is -4.64. The Morgan fingerprint density at radius 3 is 2.38 bits per heavy atom. The van der Waals surface area contributed by atoms with Gasteiger partial charge in [-0.1, -0.05) is 27.7 Å². The van der Waals surface area contributed by atoms with E-state index in [1.807, 2.05) is 27.7 Å². The molecule has 0 aromatic carbocycles. The van der Waals surface area contributed by atoms with E-state index in [1.54, 1.807) is 0 Å². The van der Waals surface area contributed by atoms with E-state index in [4.69, 9.17) is 0 Å². The molecule has 1 unspecified atom stereocenters. The zero-order chi connectivity index (χ0) is 16.4. The predicted molar refractivity (Wildman–Crippen MR) is 73.0 cm³/mol. The maximum atomic E-state index is 12.6. The van der Waals surface area contributed by atoms with Gasteiger partial charge in [0.1, 0.15) is 17.6 Å². The van der Waals surface area contributed by atoms with Gasteiger partial charge < -0.3 is 5.32 Å². The summed E-state index contributed by atoms with van der Waals surface area (Å²) in [5, 5.41) is 13.6. The van der Waals surface area contributed by atoms with Gasteiger partial charge in [-0.3, -0.25) is 10.1 Å². The molecule has 8 heteroatoms. The topological polar surface area (TPSA) is 68.1 Å². The molecule has 0 amide bonds. The van der Waals surface area contributed by atoms with Gasteiger partial charge in [-0.15, -0.1) is 0 Å². The summed E-state index contributed by atoms with van der Waals surface area (Å²) in [7, 11) is 0. The lowest BCUT2D eigenvalue weighted by Crippen LogP contribution is -2.25. The number of aromatic nitrogens is 1. The first-order chi connectivity index (χ1) is 9.43. The second kappa shape index (κ2) is 5.87. The molecule has 1 atom stereocenters. The van der Waals surface area contributed by atoms with Gasteiger partial charge in [0.15, 0.2) is 0 Å². The molecule has 0 aliphatic rings. The van der Waals surface area contributed by atoms with Crippen molar-refractivity contribution in [1.29, 1.82) is 0 Å². The Balaban J connectivity index is 3.05. The van der Waals surface area contributed by atoms with Crippen LogP contribution in [0.1, 0.15) is 33.4 Å². The first-order valence-corrected chi connectivity index (χ1v) is 6.38. The summed E-state index contributed by atoms with van der Waals surface area (Å²) >= 11 is 0. The van der Waals surface area contributed by atoms with Gasteiger partial charge in [0.25, 0.3) is 0 Å². The molecule has 0 bridgehead atoms. The predicted octanol–water partition coefficient (Wildman–Crippen LogP) is 4.10. The lowest BCUT2D eigenvalue weighted by molar-refractivity contribution is -0.384. The molecule has 1 rings (SSSR count). The summed E-state index contributed by atoms with van der Waals surface area (Å²) in [4.78, 5) is 13.2. The third kappa shape index (κ3) is 4.57. The number of alkyl halides is 3. The molecule has 21 heavy (non-hydrogen) atoms. The molecule has 1 aromatic rings. The first-order valence-electron chi connectivity index (χ1n) is 6.38. The van der Waals surface area contributed by atoms with E-state index in [0.717, 1.165) is 0 Å². The monoisotopic (exact) mass is 305 g/mol. The summed E-state index contributed by atoms with van der Waals surface area (Å²) in [6.45, 7) is 8.21. The van der Waals surface area contributed by atoms with Crippen molar-refractivity contribution in [3.8, 4) is 0 Å². The van der Waals surface area contributed by atoms with Crippen LogP contribution < -0.4 is 5.32 Å². The summed E-state index contributed by atoms with van der Waals surface area (Å²) < 4.78 is 37.9. The van der Waals surface area contributed by atoms with Crippen molar-refractivity contribution < 1.29 is 18.1 Å². The van der Waals surface area contributed by atoms with E-state index >= 15 is 0 Å². The van der Waals surface area contributed by atoms with Crippen molar-refractivity contribution in [3.05, 3.63) is 28.1 Å². The lowest BCUT2D eigenvalue weighted by Gasteiger charge is -2.27. The van der Waals surface area contributed by atoms with Crippen molar-refractivity contribution in [3.63, 3.8) is 0 Å². The molecule has 0 aliphatic carbocycles. The number of nitrogens with zero attached hydrogens (tertiary/aromatic N) is 2. The van der Waals surface area contributed by atoms with Crippen molar-refractivity contribution >= 4 is 11.4 Å². The number of rotatable bonds is 4. The second-order valence-electron chi connectivity index (χ2n) is 5.99. The Bertz CT molecular complexity index is 524. The van der Waals surface area contributed by atoms with Gasteiger partial charge in [0, 0.05) is 6.54 Å². The van der Waals surface area contributed by atoms with Crippen LogP contribution in [0.15, 0.2) is 12.3 Å². The molecule has 1 N–H and O–H groups in total. The Labute approximate surface area is 120 Å². The molecule has 118 valence electrons. The van der Waals surface area contributed by atoms with E-state index < -0.39 is 22.5 Å². The number of nitro groups is 1. The quantitative estimate of drug-likeness (QED) is 0.671. The molecule has 1 aromatic heterocycles. The smallest absolute Gasteiger partial charge is 0.379 e. The van der Waals surface area contributed by atoms with Crippen molar-refractivity contribution in [2.75, 3.05) is 11.9 Å². The van der Waals surface area contributed by atoms with Gasteiger partial charge in [-0.05, 0) is 17.4 Å². The van der Waals surface area contributed by atoms with Crippen LogP contribution in [0, 0.1) is 21.4 Å². The van der Waals surface area contributed by atoms with E-state index in [9.17, 15) is 23.3 Å². The van der Waals surface area contributed by atoms with Crippen LogP contribution in [-0.4, -0.2) is 16.5 Å². The van der Waals surface area contributed by atoms with Crippen LogP contribution in [0.5, 0.6) is 0 Å². The zero-order valence-corrected chi connectivity index (χ0v) is 12.3. The van der Waals surface area contributed by atoms with Gasteiger partial charge in [0.05, 0.1) is 4.92 Å². The Kier molecular flexibility index (Phi) is 4.80. The van der Waals surface area contributed by atoms with Gasteiger partial charge in [0.2, 0.25) is 0 Å². The molecule has 1 heterocycles. The lowest BCUT2D eigenvalue weighted by atomic mass is 9.82. The van der Waals surface area contributed by atoms with Crippen LogP contribution >= 0.6 is 0 Å². The number of hydrogen-bond donors (Lipinski definition) is 1. The maximum absolute atomic E-state index is 12.6. The van der Waals surface area contributed by atoms with Crippen LogP contribution in [0.2, 0.25) is 0 Å². The Morgan fingerprint density at radius 1 is 1.38 bits per heavy atom. The fourth-order valence-electron chi connectivity index (χ4n) is 1.46. The summed E-state index contributed by atoms with van der Waals surface area (Å²) in [5.74, 6) is 0.111. The molecular formula is C13H18F3N3O2. The first kappa shape index (κ1) is 17.2. The van der Waals surface area contributed by atoms with Gasteiger partial charge >= 0.3 is 11.9 Å². The van der Waals surface area contributed by atoms with Crippen LogP contribution in [0.4, 0.5) is 24.5 Å². The third-order valence-electron chi connectivity index (χ3n) is 3.45. The second-order valence-corrected chi connectivity index (χ2v) is 5.99. The summed E-state index contributed by atoms with van der Waals surface area (Å²) in [5.41, 5.74) is -1.86. The number of hydrogen-bond acceptors (Lipinski definition) is 4. The summed E-state index contributed by atoms with van der Waals surface area (Å²) in [6, 6.07) is 0.674. The largest absolute Gasteiger partial charge is 0.433 e. The number of anilines is 1. The molecular weight excluding hydrogens is 287 g/mol. The van der Waals surface area contributed by atoms with Crippen molar-refractivity contribution in [1.82, 2.24) is 4.98 Å². The Hall–Kier alpha value is -1.86. The number of pyridine rings is 1. The SMILES string of the molecule is CC(CNc1cc(C(F)(F)F)ncc1[N+](=O)[O-])C(C)(C)C. The van der Waals surface area contributed by atoms with E-state index in [2.05, 4.69) is 10.3 Å². The van der Waals surface area contributed by atoms with Gasteiger partial charge in [-0.25, -0.2) is 4.98 Å². The minimum Gasteiger partial charge on any atom is -0.379 e. The average Bonchev–Trinajstić information content (AvgIpc) is 2.33. The van der Waals surface area contributed by atoms with E-state index in [-0.39, 0.29) is 17.0 Å². The highest BCUT2D eigenvalue weighted by molar-refractivity contribution is 5.61. The van der Waals surface area contributed by atoms with Crippen molar-refractivity contribution in [2.24, 2.45) is 11.3 Å². The fraction of sp³-hybridized carbons (Fsp3) is 0.615. The van der Waals surface area contributed by atoms with Crippen LogP contribution in [-0.2, 0) is 6.18 Å². The number of halogens is 3. The molecule has 0 fully saturated rings. The zero-order valence-electron chi connectivity index (χ0n) is 12.3. The molecule has 0 saturated heterocycles. The standard InChI is InChI=1S/C13H18F3N3O2/c1-8(12(2,3)4)6-17-9-5-11(13(14,15)16)18-7-10(9)19(20)21/h5,7-8H,6H2,1-4H3,(H,17,18). The highest BCUT2D eigenvalue weighted by Crippen LogP contribution is 2.33. The van der Waals surface area contributed by atoms with Gasteiger partial charge in [-0.2, -0.15) is 13.2 Å². The maximum Gasteiger partial charge on any atom is 0.433 e. The normalized spacial score (nSPS) is 13.9. The minimum absolute atomic E-state index is 0.0678. The number of nitrogens with one attached hydrogen (secondary N) is 1. The average molecular weight is 305 g/mol. The van der Waals surface area contributed by atoms with Crippen molar-refractivity contribution in [2.45, 2.75) is 33.9 Å². The highest BCUT2D eigenvalue weighted by Gasteiger charge is 2.34. The van der Waals surface area contributed by atoms with E-state index in [0.29, 0.717) is 18.8 Å². The molecule has 0 spiro atoms. The van der Waals surface area contributed by atoms with E-state index in [1.165, 1.54) is 0 Å². The van der Waals surface area contributed by atoms with Crippen LogP contribution in [0.25, 0.3) is 0 Å². The molecule has 0 aliphatic heterocycles. The molecule has 0 saturated carbocycles. The Morgan fingerprint density at radius 2 is 1.95 bits per heavy atom. The fourth-order valence-corrected chi connectivity index (χ4v) is 1.46. The molecule has 5 nitrogen and oxygen atoms in total. The third-order valence-corrected chi connectivity index (χ3v) is 3.45.